The number of amides is 2. The Labute approximate surface area is 151 Å². The summed E-state index contributed by atoms with van der Waals surface area (Å²) in [5, 5.41) is 5.78. The van der Waals surface area contributed by atoms with Gasteiger partial charge in [0, 0.05) is 16.9 Å². The van der Waals surface area contributed by atoms with Gasteiger partial charge in [0.2, 0.25) is 5.91 Å². The molecule has 3 aromatic carbocycles. The molecule has 0 spiro atoms. The second kappa shape index (κ2) is 6.48. The number of rotatable bonds is 3. The molecule has 4 nitrogen and oxygen atoms in total. The van der Waals surface area contributed by atoms with E-state index in [0.29, 0.717) is 12.0 Å². The Balaban J connectivity index is 1.67. The largest absolute Gasteiger partial charge is 0.326 e. The van der Waals surface area contributed by atoms with Crippen LogP contribution in [0.2, 0.25) is 0 Å². The molecule has 3 aromatic rings. The van der Waals surface area contributed by atoms with E-state index in [0.717, 1.165) is 33.6 Å². The third kappa shape index (κ3) is 2.97. The molecule has 0 aromatic heterocycles. The van der Waals surface area contributed by atoms with Crippen molar-refractivity contribution in [2.24, 2.45) is 0 Å². The number of hydrogen-bond acceptors (Lipinski definition) is 2. The molecule has 2 N–H and O–H groups in total. The predicted octanol–water partition coefficient (Wildman–Crippen LogP) is 4.41. The number of fused-ring (bicyclic) bond motifs is 1. The first-order chi connectivity index (χ1) is 12.6. The lowest BCUT2D eigenvalue weighted by Gasteiger charge is -2.13. The van der Waals surface area contributed by atoms with Gasteiger partial charge in [0.1, 0.15) is 0 Å². The summed E-state index contributed by atoms with van der Waals surface area (Å²) in [6.45, 7) is 1.95. The molecule has 0 atom stereocenters. The van der Waals surface area contributed by atoms with E-state index in [1.54, 1.807) is 0 Å². The lowest BCUT2D eigenvalue weighted by molar-refractivity contribution is -0.115. The minimum atomic E-state index is -0.131. The highest BCUT2D eigenvalue weighted by atomic mass is 16.2. The number of nitrogens with one attached hydrogen (secondary N) is 2. The molecule has 1 aliphatic heterocycles. The molecule has 128 valence electrons. The van der Waals surface area contributed by atoms with Crippen molar-refractivity contribution >= 4 is 23.2 Å². The standard InChI is InChI=1S/C22H18N2O2/c1-14-18(15-10-11-20-16(12-15)13-21(25)24-20)8-5-9-19(14)22(26)23-17-6-3-2-4-7-17/h2-12H,13H2,1H3,(H,23,26)(H,24,25). The maximum absolute atomic E-state index is 12.7. The monoisotopic (exact) mass is 342 g/mol. The number of carbonyl (C=O) groups is 2. The molecule has 0 radical (unpaired) electrons. The molecule has 0 saturated heterocycles. The molecule has 1 aliphatic rings. The third-order valence-corrected chi connectivity index (χ3v) is 4.65. The summed E-state index contributed by atoms with van der Waals surface area (Å²) in [5.41, 5.74) is 6.18. The Kier molecular flexibility index (Phi) is 4.01. The van der Waals surface area contributed by atoms with Gasteiger partial charge in [-0.1, -0.05) is 36.4 Å². The average molecular weight is 342 g/mol. The number of carbonyl (C=O) groups excluding carboxylic acids is 2. The molecule has 0 unspecified atom stereocenters. The van der Waals surface area contributed by atoms with Gasteiger partial charge in [-0.2, -0.15) is 0 Å². The fourth-order valence-electron chi connectivity index (χ4n) is 3.31. The fraction of sp³-hybridized carbons (Fsp3) is 0.0909. The van der Waals surface area contributed by atoms with Crippen LogP contribution in [0.5, 0.6) is 0 Å². The van der Waals surface area contributed by atoms with Gasteiger partial charge < -0.3 is 10.6 Å². The van der Waals surface area contributed by atoms with E-state index >= 15 is 0 Å². The topological polar surface area (TPSA) is 58.2 Å². The summed E-state index contributed by atoms with van der Waals surface area (Å²) in [7, 11) is 0. The van der Waals surface area contributed by atoms with Gasteiger partial charge in [0.15, 0.2) is 0 Å². The Morgan fingerprint density at radius 2 is 1.81 bits per heavy atom. The minimum absolute atomic E-state index is 0.0184. The normalized spacial score (nSPS) is 12.4. The van der Waals surface area contributed by atoms with E-state index in [-0.39, 0.29) is 11.8 Å². The van der Waals surface area contributed by atoms with E-state index in [1.165, 1.54) is 0 Å². The van der Waals surface area contributed by atoms with Crippen LogP contribution >= 0.6 is 0 Å². The Morgan fingerprint density at radius 3 is 2.62 bits per heavy atom. The van der Waals surface area contributed by atoms with Gasteiger partial charge in [0.05, 0.1) is 6.42 Å². The molecule has 2 amide bonds. The van der Waals surface area contributed by atoms with Crippen LogP contribution < -0.4 is 10.6 Å². The van der Waals surface area contributed by atoms with Crippen LogP contribution in [0.25, 0.3) is 11.1 Å². The zero-order valence-corrected chi connectivity index (χ0v) is 14.4. The molecule has 4 rings (SSSR count). The van der Waals surface area contributed by atoms with Crippen LogP contribution in [-0.2, 0) is 11.2 Å². The van der Waals surface area contributed by atoms with Gasteiger partial charge in [-0.25, -0.2) is 0 Å². The van der Waals surface area contributed by atoms with Crippen LogP contribution in [0.4, 0.5) is 11.4 Å². The minimum Gasteiger partial charge on any atom is -0.326 e. The summed E-state index contributed by atoms with van der Waals surface area (Å²) in [6.07, 6.45) is 0.399. The summed E-state index contributed by atoms with van der Waals surface area (Å²) in [5.74, 6) is -0.113. The van der Waals surface area contributed by atoms with Crippen molar-refractivity contribution in [1.29, 1.82) is 0 Å². The lowest BCUT2D eigenvalue weighted by atomic mass is 9.94. The van der Waals surface area contributed by atoms with Crippen LogP contribution in [0.1, 0.15) is 21.5 Å². The zero-order valence-electron chi connectivity index (χ0n) is 14.4. The molecule has 4 heteroatoms. The van der Waals surface area contributed by atoms with Gasteiger partial charge in [0.25, 0.3) is 5.91 Å². The van der Waals surface area contributed by atoms with Crippen molar-refractivity contribution in [3.05, 3.63) is 83.4 Å². The molecule has 26 heavy (non-hydrogen) atoms. The smallest absolute Gasteiger partial charge is 0.255 e. The fourth-order valence-corrected chi connectivity index (χ4v) is 3.31. The summed E-state index contributed by atoms with van der Waals surface area (Å²) < 4.78 is 0. The van der Waals surface area contributed by atoms with Crippen LogP contribution in [0, 0.1) is 6.92 Å². The number of anilines is 2. The predicted molar refractivity (Wildman–Crippen MR) is 103 cm³/mol. The van der Waals surface area contributed by atoms with Crippen LogP contribution in [0.15, 0.2) is 66.7 Å². The first kappa shape index (κ1) is 16.1. The highest BCUT2D eigenvalue weighted by Crippen LogP contribution is 2.31. The number of para-hydroxylation sites is 1. The summed E-state index contributed by atoms with van der Waals surface area (Å²) in [4.78, 5) is 24.3. The maximum Gasteiger partial charge on any atom is 0.255 e. The first-order valence-corrected chi connectivity index (χ1v) is 8.51. The molecule has 0 bridgehead atoms. The third-order valence-electron chi connectivity index (χ3n) is 4.65. The van der Waals surface area contributed by atoms with Gasteiger partial charge in [-0.3, -0.25) is 9.59 Å². The average Bonchev–Trinajstić information content (AvgIpc) is 3.02. The van der Waals surface area contributed by atoms with Crippen molar-refractivity contribution in [3.63, 3.8) is 0 Å². The molecule has 1 heterocycles. The van der Waals surface area contributed by atoms with Crippen molar-refractivity contribution in [3.8, 4) is 11.1 Å². The quantitative estimate of drug-likeness (QED) is 0.741. The Hall–Kier alpha value is -3.40. The second-order valence-electron chi connectivity index (χ2n) is 6.40. The number of hydrogen-bond donors (Lipinski definition) is 2. The van der Waals surface area contributed by atoms with E-state index in [2.05, 4.69) is 10.6 Å². The van der Waals surface area contributed by atoms with E-state index < -0.39 is 0 Å². The molecule has 0 saturated carbocycles. The molecule has 0 fully saturated rings. The summed E-state index contributed by atoms with van der Waals surface area (Å²) >= 11 is 0. The molecule has 0 aliphatic carbocycles. The van der Waals surface area contributed by atoms with Crippen molar-refractivity contribution in [2.45, 2.75) is 13.3 Å². The molecular weight excluding hydrogens is 324 g/mol. The van der Waals surface area contributed by atoms with Gasteiger partial charge >= 0.3 is 0 Å². The van der Waals surface area contributed by atoms with Crippen molar-refractivity contribution in [2.75, 3.05) is 10.6 Å². The van der Waals surface area contributed by atoms with Crippen LogP contribution in [0.3, 0.4) is 0 Å². The highest BCUT2D eigenvalue weighted by Gasteiger charge is 2.19. The molecular formula is C22H18N2O2. The van der Waals surface area contributed by atoms with E-state index in [9.17, 15) is 9.59 Å². The van der Waals surface area contributed by atoms with E-state index in [1.807, 2.05) is 73.7 Å². The zero-order chi connectivity index (χ0) is 18.1. The lowest BCUT2D eigenvalue weighted by Crippen LogP contribution is -2.13. The van der Waals surface area contributed by atoms with Gasteiger partial charge in [-0.15, -0.1) is 0 Å². The highest BCUT2D eigenvalue weighted by molar-refractivity contribution is 6.06. The maximum atomic E-state index is 12.7. The second-order valence-corrected chi connectivity index (χ2v) is 6.40. The van der Waals surface area contributed by atoms with Crippen LogP contribution in [-0.4, -0.2) is 11.8 Å². The SMILES string of the molecule is Cc1c(C(=O)Nc2ccccc2)cccc1-c1ccc2c(c1)CC(=O)N2. The Bertz CT molecular complexity index is 1010. The van der Waals surface area contributed by atoms with E-state index in [4.69, 9.17) is 0 Å². The Morgan fingerprint density at radius 1 is 1.00 bits per heavy atom. The number of benzene rings is 3. The first-order valence-electron chi connectivity index (χ1n) is 8.51. The van der Waals surface area contributed by atoms with Crippen molar-refractivity contribution in [1.82, 2.24) is 0 Å². The summed E-state index contributed by atoms with van der Waals surface area (Å²) in [6, 6.07) is 21.1. The van der Waals surface area contributed by atoms with Gasteiger partial charge in [-0.05, 0) is 59.5 Å². The van der Waals surface area contributed by atoms with Crippen molar-refractivity contribution < 1.29 is 9.59 Å².